The first-order chi connectivity index (χ1) is 11.2. The monoisotopic (exact) mass is 308 g/mol. The fourth-order valence-corrected chi connectivity index (χ4v) is 2.30. The first-order valence-electron chi connectivity index (χ1n) is 7.83. The van der Waals surface area contributed by atoms with Gasteiger partial charge in [-0.3, -0.25) is 4.79 Å². The summed E-state index contributed by atoms with van der Waals surface area (Å²) in [7, 11) is 0. The highest BCUT2D eigenvalue weighted by atomic mass is 16.5. The molecule has 0 spiro atoms. The predicted molar refractivity (Wildman–Crippen MR) is 91.3 cm³/mol. The van der Waals surface area contributed by atoms with Crippen molar-refractivity contribution in [1.82, 2.24) is 5.43 Å². The minimum absolute atomic E-state index is 0.0356. The Kier molecular flexibility index (Phi) is 4.71. The zero-order chi connectivity index (χ0) is 16.1. The molecule has 0 saturated heterocycles. The Morgan fingerprint density at radius 2 is 1.74 bits per heavy atom. The van der Waals surface area contributed by atoms with Crippen molar-refractivity contribution in [3.63, 3.8) is 0 Å². The third-order valence-corrected chi connectivity index (χ3v) is 3.86. The van der Waals surface area contributed by atoms with E-state index in [4.69, 9.17) is 4.74 Å². The summed E-state index contributed by atoms with van der Waals surface area (Å²) in [6, 6.07) is 17.8. The number of hydrogen-bond donors (Lipinski definition) is 1. The maximum absolute atomic E-state index is 11.7. The van der Waals surface area contributed by atoms with Crippen molar-refractivity contribution in [2.75, 3.05) is 6.61 Å². The topological polar surface area (TPSA) is 50.7 Å². The third-order valence-electron chi connectivity index (χ3n) is 3.86. The molecular formula is C19H20N2O2. The van der Waals surface area contributed by atoms with E-state index in [9.17, 15) is 4.79 Å². The van der Waals surface area contributed by atoms with Gasteiger partial charge in [-0.15, -0.1) is 0 Å². The Balaban J connectivity index is 1.50. The summed E-state index contributed by atoms with van der Waals surface area (Å²) in [5.41, 5.74) is 5.80. The Hall–Kier alpha value is -2.62. The van der Waals surface area contributed by atoms with Crippen molar-refractivity contribution < 1.29 is 9.53 Å². The quantitative estimate of drug-likeness (QED) is 0.654. The van der Waals surface area contributed by atoms with E-state index in [0.717, 1.165) is 16.8 Å². The summed E-state index contributed by atoms with van der Waals surface area (Å²) >= 11 is 0. The van der Waals surface area contributed by atoms with Crippen molar-refractivity contribution in [2.24, 2.45) is 11.0 Å². The number of benzene rings is 2. The van der Waals surface area contributed by atoms with E-state index in [1.165, 1.54) is 12.8 Å². The smallest absolute Gasteiger partial charge is 0.277 e. The summed E-state index contributed by atoms with van der Waals surface area (Å²) in [5, 5.41) is 4.09. The fourth-order valence-electron chi connectivity index (χ4n) is 2.30. The van der Waals surface area contributed by atoms with Gasteiger partial charge in [0.1, 0.15) is 5.75 Å². The zero-order valence-electron chi connectivity index (χ0n) is 13.2. The van der Waals surface area contributed by atoms with Gasteiger partial charge in [0.05, 0.1) is 0 Å². The lowest BCUT2D eigenvalue weighted by atomic mass is 10.1. The molecule has 1 fully saturated rings. The maximum atomic E-state index is 11.7. The van der Waals surface area contributed by atoms with Gasteiger partial charge < -0.3 is 4.74 Å². The van der Waals surface area contributed by atoms with Crippen LogP contribution in [-0.4, -0.2) is 18.2 Å². The number of hydrogen-bond acceptors (Lipinski definition) is 3. The molecule has 0 atom stereocenters. The molecule has 1 N–H and O–H groups in total. The highest BCUT2D eigenvalue weighted by Gasteiger charge is 2.24. The van der Waals surface area contributed by atoms with Crippen LogP contribution in [0.25, 0.3) is 11.1 Å². The summed E-state index contributed by atoms with van der Waals surface area (Å²) in [4.78, 5) is 11.7. The molecule has 0 bridgehead atoms. The van der Waals surface area contributed by atoms with Crippen molar-refractivity contribution in [3.8, 4) is 16.9 Å². The van der Waals surface area contributed by atoms with Gasteiger partial charge in [-0.25, -0.2) is 5.43 Å². The largest absolute Gasteiger partial charge is 0.484 e. The van der Waals surface area contributed by atoms with E-state index in [1.54, 1.807) is 0 Å². The van der Waals surface area contributed by atoms with Gasteiger partial charge in [0.2, 0.25) is 0 Å². The van der Waals surface area contributed by atoms with Gasteiger partial charge >= 0.3 is 0 Å². The van der Waals surface area contributed by atoms with Crippen LogP contribution in [0, 0.1) is 5.92 Å². The Labute approximate surface area is 136 Å². The summed E-state index contributed by atoms with van der Waals surface area (Å²) in [5.74, 6) is 0.988. The predicted octanol–water partition coefficient (Wildman–Crippen LogP) is 3.63. The lowest BCUT2D eigenvalue weighted by Gasteiger charge is -2.07. The molecule has 0 heterocycles. The van der Waals surface area contributed by atoms with Crippen molar-refractivity contribution in [3.05, 3.63) is 54.6 Å². The van der Waals surface area contributed by atoms with Crippen LogP contribution in [0.2, 0.25) is 0 Å². The molecule has 118 valence electrons. The number of rotatable bonds is 6. The molecule has 23 heavy (non-hydrogen) atoms. The van der Waals surface area contributed by atoms with Crippen molar-refractivity contribution in [2.45, 2.75) is 19.8 Å². The number of ether oxygens (including phenoxy) is 1. The molecule has 0 aromatic heterocycles. The normalized spacial score (nSPS) is 14.4. The zero-order valence-corrected chi connectivity index (χ0v) is 13.2. The molecule has 4 heteroatoms. The highest BCUT2D eigenvalue weighted by molar-refractivity contribution is 5.88. The molecule has 1 amide bonds. The maximum Gasteiger partial charge on any atom is 0.277 e. The third kappa shape index (κ3) is 4.42. The lowest BCUT2D eigenvalue weighted by Crippen LogP contribution is -2.25. The van der Waals surface area contributed by atoms with E-state index < -0.39 is 0 Å². The molecule has 0 unspecified atom stereocenters. The van der Waals surface area contributed by atoms with Crippen LogP contribution in [-0.2, 0) is 4.79 Å². The van der Waals surface area contributed by atoms with Crippen molar-refractivity contribution in [1.29, 1.82) is 0 Å². The summed E-state index contributed by atoms with van der Waals surface area (Å²) in [6.07, 6.45) is 2.35. The molecular weight excluding hydrogens is 288 g/mol. The fraction of sp³-hybridized carbons (Fsp3) is 0.263. The molecule has 0 radical (unpaired) electrons. The minimum Gasteiger partial charge on any atom is -0.484 e. The molecule has 1 saturated carbocycles. The Morgan fingerprint density at radius 1 is 1.09 bits per heavy atom. The average molecular weight is 308 g/mol. The molecule has 3 rings (SSSR count). The SMILES string of the molecule is CC(=NNC(=O)COc1ccc(-c2ccccc2)cc1)C1CC1. The molecule has 1 aliphatic rings. The Morgan fingerprint density at radius 3 is 2.39 bits per heavy atom. The van der Waals surface area contributed by atoms with Crippen LogP contribution in [0.4, 0.5) is 0 Å². The summed E-state index contributed by atoms with van der Waals surface area (Å²) < 4.78 is 5.49. The number of amides is 1. The standard InChI is InChI=1S/C19H20N2O2/c1-14(15-7-8-15)20-21-19(22)13-23-18-11-9-17(10-12-18)16-5-3-2-4-6-16/h2-6,9-12,15H,7-8,13H2,1H3,(H,21,22). The number of carbonyl (C=O) groups is 1. The molecule has 0 aliphatic heterocycles. The first kappa shape index (κ1) is 15.3. The van der Waals surface area contributed by atoms with Crippen LogP contribution in [0.15, 0.2) is 59.7 Å². The van der Waals surface area contributed by atoms with E-state index >= 15 is 0 Å². The lowest BCUT2D eigenvalue weighted by molar-refractivity contribution is -0.123. The van der Waals surface area contributed by atoms with E-state index in [0.29, 0.717) is 11.7 Å². The second-order valence-corrected chi connectivity index (χ2v) is 5.74. The molecule has 1 aliphatic carbocycles. The molecule has 2 aromatic rings. The van der Waals surface area contributed by atoms with Crippen LogP contribution < -0.4 is 10.2 Å². The van der Waals surface area contributed by atoms with Crippen molar-refractivity contribution >= 4 is 11.6 Å². The van der Waals surface area contributed by atoms with E-state index in [1.807, 2.05) is 49.4 Å². The molecule has 2 aromatic carbocycles. The average Bonchev–Trinajstić information content (AvgIpc) is 3.44. The molecule has 4 nitrogen and oxygen atoms in total. The van der Waals surface area contributed by atoms with Gasteiger partial charge in [-0.2, -0.15) is 5.10 Å². The van der Waals surface area contributed by atoms with Gasteiger partial charge in [0, 0.05) is 5.71 Å². The number of nitrogens with zero attached hydrogens (tertiary/aromatic N) is 1. The van der Waals surface area contributed by atoms with E-state index in [-0.39, 0.29) is 12.5 Å². The van der Waals surface area contributed by atoms with Crippen LogP contribution in [0.1, 0.15) is 19.8 Å². The number of hydrazone groups is 1. The highest BCUT2D eigenvalue weighted by Crippen LogP contribution is 2.30. The minimum atomic E-state index is -0.239. The van der Waals surface area contributed by atoms with Gasteiger partial charge in [-0.1, -0.05) is 42.5 Å². The van der Waals surface area contributed by atoms with Crippen LogP contribution in [0.5, 0.6) is 5.75 Å². The van der Waals surface area contributed by atoms with Crippen LogP contribution >= 0.6 is 0 Å². The Bertz CT molecular complexity index is 689. The van der Waals surface area contributed by atoms with Crippen LogP contribution in [0.3, 0.4) is 0 Å². The second-order valence-electron chi connectivity index (χ2n) is 5.74. The first-order valence-corrected chi connectivity index (χ1v) is 7.83. The van der Waals surface area contributed by atoms with Gasteiger partial charge in [0.15, 0.2) is 6.61 Å². The summed E-state index contributed by atoms with van der Waals surface area (Å²) in [6.45, 7) is 1.91. The van der Waals surface area contributed by atoms with E-state index in [2.05, 4.69) is 22.7 Å². The second kappa shape index (κ2) is 7.09. The number of nitrogens with one attached hydrogen (secondary N) is 1. The van der Waals surface area contributed by atoms with Gasteiger partial charge in [-0.05, 0) is 48.9 Å². The van der Waals surface area contributed by atoms with Gasteiger partial charge in [0.25, 0.3) is 5.91 Å². The number of carbonyl (C=O) groups excluding carboxylic acids is 1.